The fraction of sp³-hybridized carbons (Fsp3) is 0.667. The van der Waals surface area contributed by atoms with Gasteiger partial charge in [0.15, 0.2) is 23.3 Å². The highest BCUT2D eigenvalue weighted by atomic mass is 19.1. The van der Waals surface area contributed by atoms with Gasteiger partial charge >= 0.3 is 0 Å². The summed E-state index contributed by atoms with van der Waals surface area (Å²) in [6, 6.07) is 1.32. The van der Waals surface area contributed by atoms with E-state index in [4.69, 9.17) is 0 Å². The maximum absolute atomic E-state index is 14.0. The number of halogens is 2. The van der Waals surface area contributed by atoms with E-state index in [9.17, 15) is 8.78 Å². The van der Waals surface area contributed by atoms with Crippen LogP contribution in [0.1, 0.15) is 26.7 Å². The summed E-state index contributed by atoms with van der Waals surface area (Å²) < 4.78 is 27.6. The Balaban J connectivity index is 2.14. The third-order valence-corrected chi connectivity index (χ3v) is 4.01. The van der Waals surface area contributed by atoms with E-state index < -0.39 is 11.6 Å². The topological polar surface area (TPSA) is 31.4 Å². The third-order valence-electron chi connectivity index (χ3n) is 4.01. The molecule has 1 unspecified atom stereocenters. The minimum atomic E-state index is -0.650. The second-order valence-corrected chi connectivity index (χ2v) is 5.46. The Morgan fingerprint density at radius 3 is 2.81 bits per heavy atom. The number of rotatable bonds is 6. The largest absolute Gasteiger partial charge is 0.368 e. The molecule has 2 heterocycles. The molecule has 1 atom stereocenters. The second-order valence-electron chi connectivity index (χ2n) is 5.46. The second kappa shape index (κ2) is 7.02. The summed E-state index contributed by atoms with van der Waals surface area (Å²) in [5, 5.41) is 2.82. The molecule has 6 heteroatoms. The van der Waals surface area contributed by atoms with E-state index in [0.29, 0.717) is 19.1 Å². The number of likely N-dealkylation sites (N-methyl/N-ethyl adjacent to an activating group) is 2. The van der Waals surface area contributed by atoms with E-state index in [1.807, 2.05) is 14.0 Å². The van der Waals surface area contributed by atoms with Gasteiger partial charge in [0.1, 0.15) is 0 Å². The van der Waals surface area contributed by atoms with Crippen LogP contribution in [0.25, 0.3) is 0 Å². The maximum Gasteiger partial charge on any atom is 0.168 e. The molecule has 0 amide bonds. The number of nitrogens with zero attached hydrogens (tertiary/aromatic N) is 3. The molecule has 2 rings (SSSR count). The van der Waals surface area contributed by atoms with Gasteiger partial charge in [0, 0.05) is 32.2 Å². The SMILES string of the molecule is CCNc1nc(N(C)CC2CCCN2CC)c(F)cc1F. The highest BCUT2D eigenvalue weighted by Crippen LogP contribution is 2.24. The zero-order valence-corrected chi connectivity index (χ0v) is 13.0. The third kappa shape index (κ3) is 3.61. The van der Waals surface area contributed by atoms with Gasteiger partial charge < -0.3 is 10.2 Å². The fourth-order valence-electron chi connectivity index (χ4n) is 2.94. The maximum atomic E-state index is 14.0. The lowest BCUT2D eigenvalue weighted by atomic mass is 10.2. The highest BCUT2D eigenvalue weighted by Gasteiger charge is 2.25. The molecular formula is C15H24F2N4. The van der Waals surface area contributed by atoms with Crippen molar-refractivity contribution in [3.05, 3.63) is 17.7 Å². The van der Waals surface area contributed by atoms with Gasteiger partial charge in [-0.3, -0.25) is 4.90 Å². The summed E-state index contributed by atoms with van der Waals surface area (Å²) in [7, 11) is 1.81. The molecule has 1 fully saturated rings. The van der Waals surface area contributed by atoms with Crippen LogP contribution < -0.4 is 10.2 Å². The summed E-state index contributed by atoms with van der Waals surface area (Å²) in [5.74, 6) is -0.949. The Kier molecular flexibility index (Phi) is 5.33. The highest BCUT2D eigenvalue weighted by molar-refractivity contribution is 5.49. The van der Waals surface area contributed by atoms with E-state index in [-0.39, 0.29) is 11.6 Å². The number of nitrogens with one attached hydrogen (secondary N) is 1. The van der Waals surface area contributed by atoms with Crippen molar-refractivity contribution in [2.24, 2.45) is 0 Å². The van der Waals surface area contributed by atoms with Crippen LogP contribution in [-0.4, -0.2) is 49.2 Å². The Morgan fingerprint density at radius 1 is 1.38 bits per heavy atom. The van der Waals surface area contributed by atoms with Crippen molar-refractivity contribution >= 4 is 11.6 Å². The van der Waals surface area contributed by atoms with Crippen molar-refractivity contribution < 1.29 is 8.78 Å². The molecule has 1 aliphatic heterocycles. The van der Waals surface area contributed by atoms with E-state index in [0.717, 1.165) is 25.6 Å². The fourth-order valence-corrected chi connectivity index (χ4v) is 2.94. The van der Waals surface area contributed by atoms with Gasteiger partial charge in [0.2, 0.25) is 0 Å². The van der Waals surface area contributed by atoms with Gasteiger partial charge in [-0.2, -0.15) is 0 Å². The van der Waals surface area contributed by atoms with E-state index in [1.54, 1.807) is 4.90 Å². The standard InChI is InChI=1S/C15H24F2N4/c1-4-18-14-12(16)9-13(17)15(19-14)20(3)10-11-7-6-8-21(11)5-2/h9,11H,4-8,10H2,1-3H3,(H,18,19). The lowest BCUT2D eigenvalue weighted by Crippen LogP contribution is -2.39. The first-order chi connectivity index (χ1) is 10.1. The van der Waals surface area contributed by atoms with Crippen molar-refractivity contribution in [2.75, 3.05) is 43.4 Å². The molecule has 0 bridgehead atoms. The van der Waals surface area contributed by atoms with Crippen molar-refractivity contribution in [1.82, 2.24) is 9.88 Å². The zero-order chi connectivity index (χ0) is 15.4. The van der Waals surface area contributed by atoms with Crippen LogP contribution in [0.5, 0.6) is 0 Å². The van der Waals surface area contributed by atoms with Crippen LogP contribution in [0.4, 0.5) is 20.4 Å². The minimum Gasteiger partial charge on any atom is -0.368 e. The molecule has 21 heavy (non-hydrogen) atoms. The first-order valence-corrected chi connectivity index (χ1v) is 7.61. The van der Waals surface area contributed by atoms with E-state index in [1.165, 1.54) is 6.42 Å². The first-order valence-electron chi connectivity index (χ1n) is 7.61. The smallest absolute Gasteiger partial charge is 0.168 e. The van der Waals surface area contributed by atoms with Gasteiger partial charge in [-0.05, 0) is 32.9 Å². The predicted molar refractivity (Wildman–Crippen MR) is 81.9 cm³/mol. The van der Waals surface area contributed by atoms with Crippen molar-refractivity contribution in [2.45, 2.75) is 32.7 Å². The Hall–Kier alpha value is -1.43. The zero-order valence-electron chi connectivity index (χ0n) is 13.0. The van der Waals surface area contributed by atoms with Gasteiger partial charge in [-0.25, -0.2) is 13.8 Å². The Labute approximate surface area is 125 Å². The average molecular weight is 298 g/mol. The summed E-state index contributed by atoms with van der Waals surface area (Å²) in [4.78, 5) is 8.28. The minimum absolute atomic E-state index is 0.111. The summed E-state index contributed by atoms with van der Waals surface area (Å²) >= 11 is 0. The predicted octanol–water partition coefficient (Wildman–Crippen LogP) is 2.71. The van der Waals surface area contributed by atoms with Crippen molar-refractivity contribution in [1.29, 1.82) is 0 Å². The molecule has 1 saturated heterocycles. The van der Waals surface area contributed by atoms with Crippen LogP contribution in [0.15, 0.2) is 6.07 Å². The van der Waals surface area contributed by atoms with Crippen LogP contribution >= 0.6 is 0 Å². The van der Waals surface area contributed by atoms with E-state index in [2.05, 4.69) is 22.1 Å². The van der Waals surface area contributed by atoms with E-state index >= 15 is 0 Å². The number of aromatic nitrogens is 1. The lowest BCUT2D eigenvalue weighted by molar-refractivity contribution is 0.270. The monoisotopic (exact) mass is 298 g/mol. The molecular weight excluding hydrogens is 274 g/mol. The average Bonchev–Trinajstić information content (AvgIpc) is 2.89. The van der Waals surface area contributed by atoms with Crippen LogP contribution in [0.3, 0.4) is 0 Å². The normalized spacial score (nSPS) is 19.0. The van der Waals surface area contributed by atoms with Gasteiger partial charge in [0.25, 0.3) is 0 Å². The van der Waals surface area contributed by atoms with Crippen LogP contribution in [-0.2, 0) is 0 Å². The van der Waals surface area contributed by atoms with Gasteiger partial charge in [-0.1, -0.05) is 6.92 Å². The number of hydrogen-bond acceptors (Lipinski definition) is 4. The molecule has 0 radical (unpaired) electrons. The molecule has 1 aliphatic rings. The molecule has 118 valence electrons. The Morgan fingerprint density at radius 2 is 2.14 bits per heavy atom. The Bertz CT molecular complexity index is 481. The molecule has 0 aliphatic carbocycles. The summed E-state index contributed by atoms with van der Waals surface area (Å²) in [5.41, 5.74) is 0. The molecule has 0 spiro atoms. The number of hydrogen-bond donors (Lipinski definition) is 1. The quantitative estimate of drug-likeness (QED) is 0.875. The molecule has 0 aromatic carbocycles. The molecule has 4 nitrogen and oxygen atoms in total. The lowest BCUT2D eigenvalue weighted by Gasteiger charge is -2.28. The number of pyridine rings is 1. The molecule has 1 aromatic heterocycles. The first kappa shape index (κ1) is 15.9. The van der Waals surface area contributed by atoms with Crippen molar-refractivity contribution in [3.8, 4) is 0 Å². The molecule has 1 N–H and O–H groups in total. The van der Waals surface area contributed by atoms with Crippen LogP contribution in [0.2, 0.25) is 0 Å². The summed E-state index contributed by atoms with van der Waals surface area (Å²) in [6.45, 7) is 7.33. The number of anilines is 2. The van der Waals surface area contributed by atoms with Gasteiger partial charge in [0.05, 0.1) is 0 Å². The number of likely N-dealkylation sites (tertiary alicyclic amines) is 1. The van der Waals surface area contributed by atoms with Crippen molar-refractivity contribution in [3.63, 3.8) is 0 Å². The molecule has 0 saturated carbocycles. The van der Waals surface area contributed by atoms with Gasteiger partial charge in [-0.15, -0.1) is 0 Å². The molecule has 1 aromatic rings. The summed E-state index contributed by atoms with van der Waals surface area (Å²) in [6.07, 6.45) is 2.29. The van der Waals surface area contributed by atoms with Crippen LogP contribution in [0, 0.1) is 11.6 Å².